The Balaban J connectivity index is 1.79. The van der Waals surface area contributed by atoms with Crippen LogP contribution in [0.5, 0.6) is 0 Å². The largest absolute Gasteiger partial charge is 0.391 e. The average Bonchev–Trinajstić information content (AvgIpc) is 2.92. The average molecular weight is 316 g/mol. The number of anilines is 1. The van der Waals surface area contributed by atoms with Crippen molar-refractivity contribution in [3.63, 3.8) is 0 Å². The number of hydrogen-bond donors (Lipinski definition) is 2. The minimum absolute atomic E-state index is 0.150. The molecule has 102 valence electrons. The van der Waals surface area contributed by atoms with Gasteiger partial charge in [-0.15, -0.1) is 22.7 Å². The number of rotatable bonds is 5. The third kappa shape index (κ3) is 2.81. The van der Waals surface area contributed by atoms with Crippen molar-refractivity contribution in [2.75, 3.05) is 4.72 Å². The molecule has 1 aliphatic carbocycles. The van der Waals surface area contributed by atoms with Gasteiger partial charge in [0.25, 0.3) is 10.0 Å². The highest BCUT2D eigenvalue weighted by molar-refractivity contribution is 7.94. The molecule has 0 aliphatic heterocycles. The summed E-state index contributed by atoms with van der Waals surface area (Å²) in [6.07, 6.45) is 2.28. The van der Waals surface area contributed by atoms with Crippen LogP contribution >= 0.6 is 22.7 Å². The third-order valence-electron chi connectivity index (χ3n) is 2.80. The van der Waals surface area contributed by atoms with Gasteiger partial charge in [0.05, 0.1) is 12.3 Å². The lowest BCUT2D eigenvalue weighted by Crippen LogP contribution is -2.11. The fourth-order valence-corrected chi connectivity index (χ4v) is 4.91. The minimum atomic E-state index is -3.59. The summed E-state index contributed by atoms with van der Waals surface area (Å²) in [5, 5.41) is 11.3. The van der Waals surface area contributed by atoms with Crippen LogP contribution in [0.1, 0.15) is 29.3 Å². The van der Waals surface area contributed by atoms with E-state index < -0.39 is 10.0 Å². The maximum atomic E-state index is 12.1. The highest BCUT2D eigenvalue weighted by Crippen LogP contribution is 2.41. The smallest absolute Gasteiger partial charge is 0.273 e. The summed E-state index contributed by atoms with van der Waals surface area (Å²) < 4.78 is 26.9. The zero-order valence-corrected chi connectivity index (χ0v) is 12.3. The maximum absolute atomic E-state index is 12.1. The van der Waals surface area contributed by atoms with Gasteiger partial charge in [-0.1, -0.05) is 0 Å². The Morgan fingerprint density at radius 2 is 2.21 bits per heavy atom. The number of aliphatic hydroxyl groups excluding tert-OH is 1. The van der Waals surface area contributed by atoms with Crippen LogP contribution in [0.3, 0.4) is 0 Å². The first-order chi connectivity index (χ1) is 9.08. The van der Waals surface area contributed by atoms with Crippen LogP contribution in [0.4, 0.5) is 5.13 Å². The predicted molar refractivity (Wildman–Crippen MR) is 75.1 cm³/mol. The highest BCUT2D eigenvalue weighted by atomic mass is 32.2. The van der Waals surface area contributed by atoms with Gasteiger partial charge in [-0.05, 0) is 25.0 Å². The zero-order chi connectivity index (χ0) is 13.5. The van der Waals surface area contributed by atoms with Crippen molar-refractivity contribution in [3.05, 3.63) is 28.1 Å². The number of thiophene rings is 1. The van der Waals surface area contributed by atoms with E-state index in [2.05, 4.69) is 9.71 Å². The van der Waals surface area contributed by atoms with E-state index in [0.717, 1.165) is 29.9 Å². The van der Waals surface area contributed by atoms with Crippen LogP contribution in [-0.4, -0.2) is 18.5 Å². The summed E-state index contributed by atoms with van der Waals surface area (Å²) in [6.45, 7) is -0.150. The fraction of sp³-hybridized carbons (Fsp3) is 0.364. The van der Waals surface area contributed by atoms with Crippen molar-refractivity contribution in [1.82, 2.24) is 4.98 Å². The number of aliphatic hydroxyl groups is 1. The third-order valence-corrected chi connectivity index (χ3v) is 6.60. The quantitative estimate of drug-likeness (QED) is 0.887. The van der Waals surface area contributed by atoms with Gasteiger partial charge in [0.1, 0.15) is 4.21 Å². The predicted octanol–water partition coefficient (Wildman–Crippen LogP) is 2.38. The van der Waals surface area contributed by atoms with E-state index >= 15 is 0 Å². The van der Waals surface area contributed by atoms with Gasteiger partial charge >= 0.3 is 0 Å². The van der Waals surface area contributed by atoms with Crippen molar-refractivity contribution in [1.29, 1.82) is 0 Å². The van der Waals surface area contributed by atoms with Gasteiger partial charge < -0.3 is 5.11 Å². The molecule has 2 aromatic rings. The summed E-state index contributed by atoms with van der Waals surface area (Å²) in [4.78, 5) is 4.92. The standard InChI is InChI=1S/C11H12N2O3S3/c14-5-8-3-4-10(18-8)19(15,16)13-11-12-9(6-17-11)7-1-2-7/h3-4,6-7,14H,1-2,5H2,(H,12,13). The van der Waals surface area contributed by atoms with Gasteiger partial charge in [0, 0.05) is 16.2 Å². The second kappa shape index (κ2) is 4.86. The molecule has 0 spiro atoms. The molecule has 2 N–H and O–H groups in total. The van der Waals surface area contributed by atoms with Crippen molar-refractivity contribution in [3.8, 4) is 0 Å². The fourth-order valence-electron chi connectivity index (χ4n) is 1.65. The highest BCUT2D eigenvalue weighted by Gasteiger charge is 2.27. The molecule has 5 nitrogen and oxygen atoms in total. The first kappa shape index (κ1) is 13.0. The first-order valence-corrected chi connectivity index (χ1v) is 8.94. The molecule has 0 unspecified atom stereocenters. The lowest BCUT2D eigenvalue weighted by atomic mass is 10.3. The molecule has 2 heterocycles. The topological polar surface area (TPSA) is 79.3 Å². The number of aromatic nitrogens is 1. The molecule has 1 saturated carbocycles. The second-order valence-corrected chi connectivity index (χ2v) is 8.27. The number of nitrogens with one attached hydrogen (secondary N) is 1. The van der Waals surface area contributed by atoms with Crippen LogP contribution in [-0.2, 0) is 16.6 Å². The summed E-state index contributed by atoms with van der Waals surface area (Å²) in [5.41, 5.74) is 0.977. The van der Waals surface area contributed by atoms with E-state index in [1.165, 1.54) is 17.4 Å². The van der Waals surface area contributed by atoms with Gasteiger partial charge in [-0.2, -0.15) is 0 Å². The van der Waals surface area contributed by atoms with Crippen LogP contribution in [0.25, 0.3) is 0 Å². The monoisotopic (exact) mass is 316 g/mol. The molecule has 0 amide bonds. The summed E-state index contributed by atoms with van der Waals surface area (Å²) in [7, 11) is -3.59. The number of sulfonamides is 1. The Hall–Kier alpha value is -0.960. The number of thiazole rings is 1. The van der Waals surface area contributed by atoms with Gasteiger partial charge in [0.2, 0.25) is 0 Å². The van der Waals surface area contributed by atoms with E-state index in [4.69, 9.17) is 5.11 Å². The molecule has 1 fully saturated rings. The van der Waals surface area contributed by atoms with Crippen molar-refractivity contribution >= 4 is 37.8 Å². The molecule has 0 radical (unpaired) electrons. The summed E-state index contributed by atoms with van der Waals surface area (Å²) in [5.74, 6) is 0.511. The number of nitrogens with zero attached hydrogens (tertiary/aromatic N) is 1. The van der Waals surface area contributed by atoms with Gasteiger partial charge in [-0.3, -0.25) is 4.72 Å². The Bertz CT molecular complexity index is 686. The maximum Gasteiger partial charge on any atom is 0.273 e. The molecule has 1 aliphatic rings. The molecular weight excluding hydrogens is 304 g/mol. The Morgan fingerprint density at radius 1 is 1.42 bits per heavy atom. The van der Waals surface area contributed by atoms with Crippen molar-refractivity contribution < 1.29 is 13.5 Å². The Labute approximate surface area is 119 Å². The molecule has 2 aromatic heterocycles. The number of hydrogen-bond acceptors (Lipinski definition) is 6. The molecule has 0 aromatic carbocycles. The van der Waals surface area contributed by atoms with E-state index in [1.807, 2.05) is 5.38 Å². The van der Waals surface area contributed by atoms with Crippen LogP contribution in [0.2, 0.25) is 0 Å². The normalized spacial score (nSPS) is 15.6. The summed E-state index contributed by atoms with van der Waals surface area (Å²) >= 11 is 2.37. The Kier molecular flexibility index (Phi) is 3.34. The van der Waals surface area contributed by atoms with Gasteiger partial charge in [-0.25, -0.2) is 13.4 Å². The van der Waals surface area contributed by atoms with Crippen LogP contribution in [0, 0.1) is 0 Å². The lowest BCUT2D eigenvalue weighted by Gasteiger charge is -2.01. The van der Waals surface area contributed by atoms with E-state index in [1.54, 1.807) is 6.07 Å². The molecule has 0 atom stereocenters. The minimum Gasteiger partial charge on any atom is -0.391 e. The molecular formula is C11H12N2O3S3. The van der Waals surface area contributed by atoms with Gasteiger partial charge in [0.15, 0.2) is 5.13 Å². The SMILES string of the molecule is O=S(=O)(Nc1nc(C2CC2)cs1)c1ccc(CO)s1. The molecule has 19 heavy (non-hydrogen) atoms. The van der Waals surface area contributed by atoms with E-state index in [-0.39, 0.29) is 10.8 Å². The molecule has 8 heteroatoms. The van der Waals surface area contributed by atoms with Crippen molar-refractivity contribution in [2.24, 2.45) is 0 Å². The van der Waals surface area contributed by atoms with Crippen molar-refractivity contribution in [2.45, 2.75) is 29.6 Å². The summed E-state index contributed by atoms with van der Waals surface area (Å²) in [6, 6.07) is 3.10. The lowest BCUT2D eigenvalue weighted by molar-refractivity contribution is 0.285. The van der Waals surface area contributed by atoms with Crippen LogP contribution in [0.15, 0.2) is 21.7 Å². The molecule has 0 saturated heterocycles. The van der Waals surface area contributed by atoms with E-state index in [0.29, 0.717) is 15.9 Å². The van der Waals surface area contributed by atoms with Crippen LogP contribution < -0.4 is 4.72 Å². The molecule has 0 bridgehead atoms. The first-order valence-electron chi connectivity index (χ1n) is 5.76. The molecule has 3 rings (SSSR count). The van der Waals surface area contributed by atoms with E-state index in [9.17, 15) is 8.42 Å². The second-order valence-electron chi connectivity index (χ2n) is 4.34. The Morgan fingerprint density at radius 3 is 2.84 bits per heavy atom. The zero-order valence-electron chi connectivity index (χ0n) is 9.87.